The molecular formula is C23H25F2N3O2. The first-order valence-electron chi connectivity index (χ1n) is 10.2. The van der Waals surface area contributed by atoms with Crippen LogP contribution in [-0.2, 0) is 10.2 Å². The predicted molar refractivity (Wildman–Crippen MR) is 113 cm³/mol. The minimum atomic E-state index is -2.85. The van der Waals surface area contributed by atoms with Crippen LogP contribution < -0.4 is 9.64 Å². The molecule has 0 saturated heterocycles. The molecule has 0 atom stereocenters. The number of hydrogen-bond acceptors (Lipinski definition) is 3. The fourth-order valence-electron chi connectivity index (χ4n) is 4.00. The molecule has 0 spiro atoms. The van der Waals surface area contributed by atoms with Gasteiger partial charge in [0.2, 0.25) is 5.91 Å². The number of carbonyl (C=O) groups excluding carboxylic acids is 1. The molecule has 1 aromatic heterocycles. The first-order valence-corrected chi connectivity index (χ1v) is 10.2. The highest BCUT2D eigenvalue weighted by atomic mass is 19.3. The summed E-state index contributed by atoms with van der Waals surface area (Å²) in [5, 5.41) is 0. The zero-order valence-electron chi connectivity index (χ0n) is 17.3. The number of alkyl halides is 2. The fraction of sp³-hybridized carbons (Fsp3) is 0.391. The number of halogens is 2. The molecule has 3 aromatic rings. The SMILES string of the molecule is CCCCCN1C(=O)C(C)(C)c2cc3[nH]c(-c4ccc(OC(F)F)cc4)nc3cc21. The standard InChI is InChI=1S/C23H25F2N3O2/c1-4-5-6-11-28-19-13-18-17(12-16(19)23(2,3)21(28)29)26-20(27-18)14-7-9-15(10-8-14)30-22(24)25/h7-10,12-13,22H,4-6,11H2,1-3H3,(H,26,27). The summed E-state index contributed by atoms with van der Waals surface area (Å²) in [4.78, 5) is 22.9. The van der Waals surface area contributed by atoms with Gasteiger partial charge in [-0.05, 0) is 62.2 Å². The molecule has 30 heavy (non-hydrogen) atoms. The third kappa shape index (κ3) is 3.53. The summed E-state index contributed by atoms with van der Waals surface area (Å²) in [6.45, 7) is 3.91. The summed E-state index contributed by atoms with van der Waals surface area (Å²) in [5.74, 6) is 0.863. The van der Waals surface area contributed by atoms with Crippen molar-refractivity contribution >= 4 is 22.6 Å². The number of carbonyl (C=O) groups is 1. The Morgan fingerprint density at radius 1 is 1.17 bits per heavy atom. The van der Waals surface area contributed by atoms with E-state index in [9.17, 15) is 13.6 Å². The van der Waals surface area contributed by atoms with Crippen LogP contribution in [0.2, 0.25) is 0 Å². The van der Waals surface area contributed by atoms with Crippen molar-refractivity contribution < 1.29 is 18.3 Å². The van der Waals surface area contributed by atoms with Gasteiger partial charge in [0.05, 0.1) is 22.1 Å². The average molecular weight is 413 g/mol. The van der Waals surface area contributed by atoms with E-state index in [-0.39, 0.29) is 11.7 Å². The number of hydrogen-bond donors (Lipinski definition) is 1. The summed E-state index contributed by atoms with van der Waals surface area (Å²) in [6.07, 6.45) is 3.15. The van der Waals surface area contributed by atoms with Crippen LogP contribution in [0.15, 0.2) is 36.4 Å². The molecule has 7 heteroatoms. The van der Waals surface area contributed by atoms with Crippen LogP contribution in [-0.4, -0.2) is 29.0 Å². The molecule has 4 rings (SSSR count). The molecule has 158 valence electrons. The molecule has 5 nitrogen and oxygen atoms in total. The number of unbranched alkanes of at least 4 members (excludes halogenated alkanes) is 2. The van der Waals surface area contributed by atoms with E-state index in [4.69, 9.17) is 0 Å². The maximum atomic E-state index is 13.0. The van der Waals surface area contributed by atoms with Gasteiger partial charge in [-0.3, -0.25) is 4.79 Å². The van der Waals surface area contributed by atoms with Crippen molar-refractivity contribution in [2.45, 2.75) is 52.1 Å². The maximum Gasteiger partial charge on any atom is 0.387 e. The number of rotatable bonds is 7. The summed E-state index contributed by atoms with van der Waals surface area (Å²) < 4.78 is 29.1. The smallest absolute Gasteiger partial charge is 0.387 e. The van der Waals surface area contributed by atoms with Gasteiger partial charge in [0.1, 0.15) is 11.6 Å². The number of aromatic nitrogens is 2. The van der Waals surface area contributed by atoms with Crippen molar-refractivity contribution in [3.63, 3.8) is 0 Å². The van der Waals surface area contributed by atoms with Crippen LogP contribution in [0.1, 0.15) is 45.6 Å². The minimum absolute atomic E-state index is 0.104. The third-order valence-electron chi connectivity index (χ3n) is 5.68. The van der Waals surface area contributed by atoms with Gasteiger partial charge in [0.25, 0.3) is 0 Å². The summed E-state index contributed by atoms with van der Waals surface area (Å²) in [7, 11) is 0. The van der Waals surface area contributed by atoms with E-state index in [0.717, 1.165) is 47.1 Å². The molecule has 2 heterocycles. The van der Waals surface area contributed by atoms with E-state index in [2.05, 4.69) is 21.6 Å². The maximum absolute atomic E-state index is 13.0. The van der Waals surface area contributed by atoms with Crippen molar-refractivity contribution in [3.05, 3.63) is 42.0 Å². The van der Waals surface area contributed by atoms with Crippen LogP contribution in [0.5, 0.6) is 5.75 Å². The van der Waals surface area contributed by atoms with Gasteiger partial charge in [-0.1, -0.05) is 19.8 Å². The lowest BCUT2D eigenvalue weighted by Gasteiger charge is -2.20. The number of nitrogens with one attached hydrogen (secondary N) is 1. The molecule has 0 saturated carbocycles. The fourth-order valence-corrected chi connectivity index (χ4v) is 4.00. The highest BCUT2D eigenvalue weighted by Crippen LogP contribution is 2.43. The minimum Gasteiger partial charge on any atom is -0.435 e. The Morgan fingerprint density at radius 3 is 2.57 bits per heavy atom. The van der Waals surface area contributed by atoms with Gasteiger partial charge in [-0.15, -0.1) is 0 Å². The van der Waals surface area contributed by atoms with Crippen molar-refractivity contribution in [3.8, 4) is 17.1 Å². The highest BCUT2D eigenvalue weighted by molar-refractivity contribution is 6.09. The first-order chi connectivity index (χ1) is 14.3. The molecule has 1 N–H and O–H groups in total. The number of anilines is 1. The summed E-state index contributed by atoms with van der Waals surface area (Å²) in [6, 6.07) is 10.3. The number of aromatic amines is 1. The monoisotopic (exact) mass is 413 g/mol. The molecule has 0 unspecified atom stereocenters. The van der Waals surface area contributed by atoms with Crippen LogP contribution in [0.3, 0.4) is 0 Å². The Morgan fingerprint density at radius 2 is 1.90 bits per heavy atom. The van der Waals surface area contributed by atoms with Crippen molar-refractivity contribution in [1.82, 2.24) is 9.97 Å². The topological polar surface area (TPSA) is 58.2 Å². The quantitative estimate of drug-likeness (QED) is 0.510. The number of ether oxygens (including phenoxy) is 1. The lowest BCUT2D eigenvalue weighted by molar-refractivity contribution is -0.122. The molecule has 1 aliphatic heterocycles. The van der Waals surface area contributed by atoms with Crippen LogP contribution in [0.25, 0.3) is 22.4 Å². The van der Waals surface area contributed by atoms with Crippen molar-refractivity contribution in [2.75, 3.05) is 11.4 Å². The number of imidazole rings is 1. The lowest BCUT2D eigenvalue weighted by Crippen LogP contribution is -2.36. The molecule has 0 aliphatic carbocycles. The zero-order chi connectivity index (χ0) is 21.5. The van der Waals surface area contributed by atoms with E-state index >= 15 is 0 Å². The van der Waals surface area contributed by atoms with Crippen LogP contribution >= 0.6 is 0 Å². The Labute approximate surface area is 174 Å². The number of benzene rings is 2. The van der Waals surface area contributed by atoms with Crippen molar-refractivity contribution in [1.29, 1.82) is 0 Å². The van der Waals surface area contributed by atoms with Gasteiger partial charge in [-0.25, -0.2) is 4.98 Å². The molecule has 0 bridgehead atoms. The van der Waals surface area contributed by atoms with Gasteiger partial charge in [0.15, 0.2) is 0 Å². The second-order valence-corrected chi connectivity index (χ2v) is 8.16. The molecular weight excluding hydrogens is 388 g/mol. The molecule has 0 radical (unpaired) electrons. The Balaban J connectivity index is 1.69. The summed E-state index contributed by atoms with van der Waals surface area (Å²) in [5.41, 5.74) is 3.70. The molecule has 1 amide bonds. The van der Waals surface area contributed by atoms with E-state index in [0.29, 0.717) is 12.4 Å². The number of amides is 1. The Kier molecular flexibility index (Phi) is 5.22. The van der Waals surface area contributed by atoms with Crippen LogP contribution in [0, 0.1) is 0 Å². The average Bonchev–Trinajstić information content (AvgIpc) is 3.19. The normalized spacial score (nSPS) is 15.3. The van der Waals surface area contributed by atoms with Crippen molar-refractivity contribution in [2.24, 2.45) is 0 Å². The molecule has 0 fully saturated rings. The number of nitrogens with zero attached hydrogens (tertiary/aromatic N) is 2. The molecule has 2 aromatic carbocycles. The third-order valence-corrected chi connectivity index (χ3v) is 5.68. The number of fused-ring (bicyclic) bond motifs is 2. The van der Waals surface area contributed by atoms with E-state index in [1.165, 1.54) is 12.1 Å². The highest BCUT2D eigenvalue weighted by Gasteiger charge is 2.43. The van der Waals surface area contributed by atoms with E-state index in [1.54, 1.807) is 12.1 Å². The first kappa shape index (κ1) is 20.3. The van der Waals surface area contributed by atoms with Gasteiger partial charge in [0, 0.05) is 12.1 Å². The van der Waals surface area contributed by atoms with E-state index < -0.39 is 12.0 Å². The second kappa shape index (κ2) is 7.70. The Bertz CT molecular complexity index is 1070. The second-order valence-electron chi connectivity index (χ2n) is 8.16. The largest absolute Gasteiger partial charge is 0.435 e. The van der Waals surface area contributed by atoms with Gasteiger partial charge >= 0.3 is 6.61 Å². The van der Waals surface area contributed by atoms with E-state index in [1.807, 2.05) is 30.9 Å². The number of H-pyrrole nitrogens is 1. The van der Waals surface area contributed by atoms with Crippen LogP contribution in [0.4, 0.5) is 14.5 Å². The van der Waals surface area contributed by atoms with Gasteiger partial charge in [-0.2, -0.15) is 8.78 Å². The lowest BCUT2D eigenvalue weighted by atomic mass is 9.86. The zero-order valence-corrected chi connectivity index (χ0v) is 17.3. The summed E-state index contributed by atoms with van der Waals surface area (Å²) >= 11 is 0. The molecule has 1 aliphatic rings. The predicted octanol–water partition coefficient (Wildman–Crippen LogP) is 5.65. The van der Waals surface area contributed by atoms with Gasteiger partial charge < -0.3 is 14.6 Å². The Hall–Kier alpha value is -2.96.